The number of nitrogens with one attached hydrogen (secondary N) is 1. The molecule has 1 aromatic carbocycles. The van der Waals surface area contributed by atoms with Crippen LogP contribution in [0, 0.1) is 0 Å². The first kappa shape index (κ1) is 14.5. The maximum atomic E-state index is 11.3. The van der Waals surface area contributed by atoms with E-state index >= 15 is 0 Å². The quantitative estimate of drug-likeness (QED) is 0.881. The lowest BCUT2D eigenvalue weighted by atomic mass is 10.1. The van der Waals surface area contributed by atoms with Crippen molar-refractivity contribution in [2.45, 2.75) is 19.5 Å². The second-order valence-electron chi connectivity index (χ2n) is 5.02. The number of anilines is 1. The number of hydrogen-bond donors (Lipinski definition) is 1. The molecule has 0 bridgehead atoms. The third-order valence-electron chi connectivity index (χ3n) is 3.43. The molecule has 0 spiro atoms. The van der Waals surface area contributed by atoms with Gasteiger partial charge in [-0.2, -0.15) is 0 Å². The number of carbonyl (C=O) groups excluding carboxylic acids is 1. The van der Waals surface area contributed by atoms with Crippen molar-refractivity contribution in [2.24, 2.45) is 0 Å². The first-order valence-electron chi connectivity index (χ1n) is 6.85. The second-order valence-corrected chi connectivity index (χ2v) is 6.37. The summed E-state index contributed by atoms with van der Waals surface area (Å²) in [5.41, 5.74) is 2.43. The van der Waals surface area contributed by atoms with Crippen molar-refractivity contribution in [3.05, 3.63) is 46.5 Å². The molecule has 0 saturated carbocycles. The van der Waals surface area contributed by atoms with Crippen LogP contribution in [0.15, 0.2) is 30.3 Å². The van der Waals surface area contributed by atoms with Gasteiger partial charge in [-0.3, -0.25) is 9.69 Å². The van der Waals surface area contributed by atoms with Crippen molar-refractivity contribution in [1.29, 1.82) is 0 Å². The fraction of sp³-hybridized carbons (Fsp3) is 0.333. The molecular formula is C15H16ClN3OS. The Labute approximate surface area is 132 Å². The number of carbonyl (C=O) groups is 1. The number of rotatable bonds is 4. The average molecular weight is 322 g/mol. The highest BCUT2D eigenvalue weighted by Gasteiger charge is 2.21. The van der Waals surface area contributed by atoms with Crippen molar-refractivity contribution in [3.8, 4) is 0 Å². The zero-order valence-electron chi connectivity index (χ0n) is 11.5. The van der Waals surface area contributed by atoms with Gasteiger partial charge in [0.15, 0.2) is 5.13 Å². The van der Waals surface area contributed by atoms with Gasteiger partial charge in [-0.25, -0.2) is 4.98 Å². The van der Waals surface area contributed by atoms with Crippen LogP contribution >= 0.6 is 22.9 Å². The minimum absolute atomic E-state index is 0.0373. The first-order chi connectivity index (χ1) is 10.2. The zero-order valence-corrected chi connectivity index (χ0v) is 13.1. The lowest BCUT2D eigenvalue weighted by Gasteiger charge is -2.25. The minimum Gasteiger partial charge on any atom is -0.301 e. The number of halogens is 1. The molecule has 0 atom stereocenters. The highest BCUT2D eigenvalue weighted by Crippen LogP contribution is 2.28. The monoisotopic (exact) mass is 321 g/mol. The molecule has 1 aliphatic rings. The smallest absolute Gasteiger partial charge is 0.241 e. The fourth-order valence-electron chi connectivity index (χ4n) is 2.43. The van der Waals surface area contributed by atoms with Gasteiger partial charge in [0.05, 0.1) is 5.69 Å². The number of fused-ring (bicyclic) bond motifs is 1. The lowest BCUT2D eigenvalue weighted by Crippen LogP contribution is -2.29. The van der Waals surface area contributed by atoms with E-state index < -0.39 is 0 Å². The van der Waals surface area contributed by atoms with Crippen LogP contribution in [-0.2, 0) is 24.3 Å². The SMILES string of the molecule is O=C(CCl)Nc1nc2c(s1)CN(Cc1ccccc1)CC2. The van der Waals surface area contributed by atoms with Gasteiger partial charge in [-0.1, -0.05) is 30.3 Å². The summed E-state index contributed by atoms with van der Waals surface area (Å²) in [6, 6.07) is 10.5. The maximum Gasteiger partial charge on any atom is 0.241 e. The third-order valence-corrected chi connectivity index (χ3v) is 4.67. The van der Waals surface area contributed by atoms with Crippen LogP contribution in [0.3, 0.4) is 0 Å². The van der Waals surface area contributed by atoms with Crippen LogP contribution in [0.1, 0.15) is 16.1 Å². The third kappa shape index (κ3) is 3.61. The van der Waals surface area contributed by atoms with Crippen LogP contribution in [0.25, 0.3) is 0 Å². The highest BCUT2D eigenvalue weighted by atomic mass is 35.5. The number of aromatic nitrogens is 1. The summed E-state index contributed by atoms with van der Waals surface area (Å²) in [6.07, 6.45) is 0.926. The van der Waals surface area contributed by atoms with Crippen molar-refractivity contribution < 1.29 is 4.79 Å². The van der Waals surface area contributed by atoms with Crippen molar-refractivity contribution in [1.82, 2.24) is 9.88 Å². The second kappa shape index (κ2) is 6.56. The summed E-state index contributed by atoms with van der Waals surface area (Å²) in [6.45, 7) is 2.83. The number of thiazole rings is 1. The Balaban J connectivity index is 1.66. The van der Waals surface area contributed by atoms with Crippen LogP contribution in [-0.4, -0.2) is 28.2 Å². The molecule has 1 N–H and O–H groups in total. The van der Waals surface area contributed by atoms with Gasteiger partial charge in [0.25, 0.3) is 0 Å². The summed E-state index contributed by atoms with van der Waals surface area (Å²) in [4.78, 5) is 19.4. The van der Waals surface area contributed by atoms with Gasteiger partial charge < -0.3 is 5.32 Å². The Bertz CT molecular complexity index is 629. The van der Waals surface area contributed by atoms with Crippen molar-refractivity contribution >= 4 is 34.0 Å². The Morgan fingerprint density at radius 3 is 2.95 bits per heavy atom. The molecule has 1 amide bonds. The maximum absolute atomic E-state index is 11.3. The van der Waals surface area contributed by atoms with E-state index in [-0.39, 0.29) is 11.8 Å². The fourth-order valence-corrected chi connectivity index (χ4v) is 3.56. The molecule has 3 rings (SSSR count). The van der Waals surface area contributed by atoms with E-state index in [9.17, 15) is 4.79 Å². The summed E-state index contributed by atoms with van der Waals surface area (Å²) in [5.74, 6) is -0.242. The van der Waals surface area contributed by atoms with Gasteiger partial charge in [-0.15, -0.1) is 22.9 Å². The zero-order chi connectivity index (χ0) is 14.7. The highest BCUT2D eigenvalue weighted by molar-refractivity contribution is 7.15. The van der Waals surface area contributed by atoms with Gasteiger partial charge >= 0.3 is 0 Å². The van der Waals surface area contributed by atoms with Gasteiger partial charge in [0.2, 0.25) is 5.91 Å². The van der Waals surface area contributed by atoms with E-state index in [1.54, 1.807) is 11.3 Å². The van der Waals surface area contributed by atoms with Crippen molar-refractivity contribution in [2.75, 3.05) is 17.7 Å². The van der Waals surface area contributed by atoms with E-state index in [0.29, 0.717) is 5.13 Å². The largest absolute Gasteiger partial charge is 0.301 e. The van der Waals surface area contributed by atoms with E-state index in [1.807, 2.05) is 6.07 Å². The Morgan fingerprint density at radius 2 is 2.19 bits per heavy atom. The standard InChI is InChI=1S/C15H16ClN3OS/c16-8-14(20)18-15-17-12-6-7-19(10-13(12)21-15)9-11-4-2-1-3-5-11/h1-5H,6-10H2,(H,17,18,20). The molecule has 110 valence electrons. The molecule has 0 unspecified atom stereocenters. The average Bonchev–Trinajstić information content (AvgIpc) is 2.89. The summed E-state index contributed by atoms with van der Waals surface area (Å²) in [7, 11) is 0. The molecule has 0 radical (unpaired) electrons. The molecule has 0 saturated heterocycles. The molecule has 0 aliphatic carbocycles. The lowest BCUT2D eigenvalue weighted by molar-refractivity contribution is -0.113. The van der Waals surface area contributed by atoms with E-state index in [2.05, 4.69) is 39.5 Å². The molecule has 1 aromatic heterocycles. The van der Waals surface area contributed by atoms with Gasteiger partial charge in [0, 0.05) is 30.9 Å². The first-order valence-corrected chi connectivity index (χ1v) is 8.20. The van der Waals surface area contributed by atoms with Crippen molar-refractivity contribution in [3.63, 3.8) is 0 Å². The summed E-state index contributed by atoms with van der Waals surface area (Å²) < 4.78 is 0. The number of alkyl halides is 1. The van der Waals surface area contributed by atoms with Crippen LogP contribution < -0.4 is 5.32 Å². The van der Waals surface area contributed by atoms with Gasteiger partial charge in [-0.05, 0) is 5.56 Å². The predicted octanol–water partition coefficient (Wildman–Crippen LogP) is 2.88. The molecule has 1 aliphatic heterocycles. The molecule has 21 heavy (non-hydrogen) atoms. The Morgan fingerprint density at radius 1 is 1.38 bits per heavy atom. The van der Waals surface area contributed by atoms with E-state index in [4.69, 9.17) is 11.6 Å². The van der Waals surface area contributed by atoms with E-state index in [1.165, 1.54) is 10.4 Å². The molecule has 4 nitrogen and oxygen atoms in total. The number of nitrogens with zero attached hydrogens (tertiary/aromatic N) is 2. The number of benzene rings is 1. The van der Waals surface area contributed by atoms with Crippen LogP contribution in [0.5, 0.6) is 0 Å². The minimum atomic E-state index is -0.205. The Hall–Kier alpha value is -1.43. The Kier molecular flexibility index (Phi) is 4.53. The van der Waals surface area contributed by atoms with Crippen LogP contribution in [0.4, 0.5) is 5.13 Å². The van der Waals surface area contributed by atoms with Crippen LogP contribution in [0.2, 0.25) is 0 Å². The van der Waals surface area contributed by atoms with Gasteiger partial charge in [0.1, 0.15) is 5.88 Å². The number of amides is 1. The predicted molar refractivity (Wildman–Crippen MR) is 85.7 cm³/mol. The molecule has 2 heterocycles. The number of hydrogen-bond acceptors (Lipinski definition) is 4. The molecular weight excluding hydrogens is 306 g/mol. The summed E-state index contributed by atoms with van der Waals surface area (Å²) >= 11 is 7.05. The summed E-state index contributed by atoms with van der Waals surface area (Å²) in [5, 5.41) is 3.39. The normalized spacial score (nSPS) is 14.7. The van der Waals surface area contributed by atoms with E-state index in [0.717, 1.165) is 31.7 Å². The topological polar surface area (TPSA) is 45.2 Å². The molecule has 6 heteroatoms. The molecule has 0 fully saturated rings. The molecule has 2 aromatic rings.